The van der Waals surface area contributed by atoms with Crippen LogP contribution < -0.4 is 0 Å². The van der Waals surface area contributed by atoms with Gasteiger partial charge < -0.3 is 0 Å². The van der Waals surface area contributed by atoms with Gasteiger partial charge >= 0.3 is 0 Å². The summed E-state index contributed by atoms with van der Waals surface area (Å²) in [6.07, 6.45) is 11.6. The predicted molar refractivity (Wildman–Crippen MR) is 201 cm³/mol. The van der Waals surface area contributed by atoms with E-state index in [1.54, 1.807) is 0 Å². The van der Waals surface area contributed by atoms with E-state index in [9.17, 15) is 0 Å². The molecule has 232 valence electrons. The molecule has 0 fully saturated rings. The molecule has 3 nitrogen and oxygen atoms in total. The Labute approximate surface area is 279 Å². The number of allylic oxidation sites excluding steroid dienone is 6. The Balaban J connectivity index is 0.00000105. The zero-order chi connectivity index (χ0) is 32.8. The second kappa shape index (κ2) is 16.6. The van der Waals surface area contributed by atoms with Crippen molar-refractivity contribution < 1.29 is 0 Å². The third-order valence-corrected chi connectivity index (χ3v) is 7.61. The zero-order valence-electron chi connectivity index (χ0n) is 27.6. The molecule has 1 aromatic heterocycles. The molecular weight excluding hydrogens is 571 g/mol. The van der Waals surface area contributed by atoms with Crippen LogP contribution in [0.4, 0.5) is 0 Å². The fourth-order valence-corrected chi connectivity index (χ4v) is 5.25. The summed E-state index contributed by atoms with van der Waals surface area (Å²) in [6.45, 7) is 8.00. The van der Waals surface area contributed by atoms with Crippen molar-refractivity contribution in [3.05, 3.63) is 169 Å². The van der Waals surface area contributed by atoms with Gasteiger partial charge in [0.2, 0.25) is 0 Å². The number of aromatic nitrogens is 3. The SMILES string of the molecule is C1=CCC=C(c2ccc(-c3nc(-c4ccc(-c5ccccc5)cc4)nc(-c4ccc(-c5ccccc5)cc4)n3)cc2)C=C1.CC.CC. The molecular formula is C44H41N3. The smallest absolute Gasteiger partial charge is 0.164 e. The fraction of sp³-hybridized carbons (Fsp3) is 0.114. The van der Waals surface area contributed by atoms with E-state index in [2.05, 4.69) is 152 Å². The van der Waals surface area contributed by atoms with Gasteiger partial charge in [0.25, 0.3) is 0 Å². The molecule has 47 heavy (non-hydrogen) atoms. The van der Waals surface area contributed by atoms with Crippen molar-refractivity contribution in [2.24, 2.45) is 0 Å². The van der Waals surface area contributed by atoms with Gasteiger partial charge in [-0.3, -0.25) is 0 Å². The highest BCUT2D eigenvalue weighted by Gasteiger charge is 2.13. The molecule has 1 aliphatic rings. The van der Waals surface area contributed by atoms with Crippen LogP contribution in [-0.4, -0.2) is 15.0 Å². The highest BCUT2D eigenvalue weighted by atomic mass is 15.0. The lowest BCUT2D eigenvalue weighted by atomic mass is 10.0. The number of nitrogens with zero attached hydrogens (tertiary/aromatic N) is 3. The standard InChI is InChI=1S/C40H29N3.2C2H6/c1-2-6-12-29(11-5-1)32-17-23-35(24-18-32)38-41-39(36-25-19-33(20-26-36)30-13-7-3-8-14-30)43-40(42-38)37-27-21-34(22-28-37)31-15-9-4-10-16-31;2*1-2/h1-5,7-28H,6H2;2*1-2H3. The lowest BCUT2D eigenvalue weighted by Gasteiger charge is -2.10. The molecule has 0 saturated carbocycles. The van der Waals surface area contributed by atoms with Crippen LogP contribution in [0, 0.1) is 0 Å². The number of hydrogen-bond donors (Lipinski definition) is 0. The predicted octanol–water partition coefficient (Wildman–Crippen LogP) is 12.2. The second-order valence-corrected chi connectivity index (χ2v) is 10.5. The van der Waals surface area contributed by atoms with E-state index < -0.39 is 0 Å². The molecule has 1 heterocycles. The third-order valence-electron chi connectivity index (χ3n) is 7.61. The second-order valence-electron chi connectivity index (χ2n) is 10.5. The molecule has 0 spiro atoms. The molecule has 7 rings (SSSR count). The van der Waals surface area contributed by atoms with Crippen molar-refractivity contribution in [3.8, 4) is 56.4 Å². The van der Waals surface area contributed by atoms with E-state index in [1.807, 2.05) is 39.8 Å². The first kappa shape index (κ1) is 32.7. The van der Waals surface area contributed by atoms with Gasteiger partial charge in [-0.05, 0) is 39.8 Å². The van der Waals surface area contributed by atoms with Gasteiger partial charge in [0.05, 0.1) is 0 Å². The monoisotopic (exact) mass is 611 g/mol. The molecule has 0 unspecified atom stereocenters. The van der Waals surface area contributed by atoms with Crippen molar-refractivity contribution in [2.45, 2.75) is 34.1 Å². The van der Waals surface area contributed by atoms with E-state index in [1.165, 1.54) is 22.3 Å². The summed E-state index contributed by atoms with van der Waals surface area (Å²) in [5.74, 6) is 1.95. The van der Waals surface area contributed by atoms with Crippen molar-refractivity contribution in [1.82, 2.24) is 15.0 Å². The summed E-state index contributed by atoms with van der Waals surface area (Å²) >= 11 is 0. The third kappa shape index (κ3) is 8.14. The molecule has 0 N–H and O–H groups in total. The van der Waals surface area contributed by atoms with Gasteiger partial charge in [-0.2, -0.15) is 0 Å². The van der Waals surface area contributed by atoms with Crippen LogP contribution in [-0.2, 0) is 0 Å². The van der Waals surface area contributed by atoms with Gasteiger partial charge in [-0.15, -0.1) is 0 Å². The van der Waals surface area contributed by atoms with E-state index >= 15 is 0 Å². The van der Waals surface area contributed by atoms with Crippen molar-refractivity contribution in [3.63, 3.8) is 0 Å². The average Bonchev–Trinajstić information content (AvgIpc) is 3.47. The minimum atomic E-state index is 0.649. The van der Waals surface area contributed by atoms with Gasteiger partial charge in [0.1, 0.15) is 0 Å². The highest BCUT2D eigenvalue weighted by Crippen LogP contribution is 2.29. The molecule has 0 atom stereocenters. The van der Waals surface area contributed by atoms with Crippen LogP contribution in [0.1, 0.15) is 39.7 Å². The molecule has 1 aliphatic carbocycles. The molecule has 6 aromatic rings. The van der Waals surface area contributed by atoms with Gasteiger partial charge in [0, 0.05) is 16.7 Å². The summed E-state index contributed by atoms with van der Waals surface area (Å²) in [4.78, 5) is 14.9. The summed E-state index contributed by atoms with van der Waals surface area (Å²) in [5.41, 5.74) is 9.90. The average molecular weight is 612 g/mol. The summed E-state index contributed by atoms with van der Waals surface area (Å²) in [5, 5.41) is 0. The lowest BCUT2D eigenvalue weighted by Crippen LogP contribution is -2.00. The van der Waals surface area contributed by atoms with Crippen molar-refractivity contribution >= 4 is 5.57 Å². The molecule has 0 aliphatic heterocycles. The maximum Gasteiger partial charge on any atom is 0.164 e. The molecule has 0 amide bonds. The van der Waals surface area contributed by atoms with Gasteiger partial charge in [0.15, 0.2) is 17.5 Å². The number of hydrogen-bond acceptors (Lipinski definition) is 3. The summed E-state index contributed by atoms with van der Waals surface area (Å²) < 4.78 is 0. The minimum Gasteiger partial charge on any atom is -0.208 e. The Hall–Kier alpha value is -5.67. The molecule has 0 radical (unpaired) electrons. The number of benzene rings is 5. The normalized spacial score (nSPS) is 11.7. The molecule has 0 bridgehead atoms. The van der Waals surface area contributed by atoms with E-state index in [0.717, 1.165) is 34.2 Å². The van der Waals surface area contributed by atoms with Gasteiger partial charge in [-0.1, -0.05) is 192 Å². The Morgan fingerprint density at radius 2 is 0.702 bits per heavy atom. The van der Waals surface area contributed by atoms with Crippen LogP contribution in [0.25, 0.3) is 62.0 Å². The first-order chi connectivity index (χ1) is 23.3. The van der Waals surface area contributed by atoms with Crippen LogP contribution in [0.5, 0.6) is 0 Å². The fourth-order valence-electron chi connectivity index (χ4n) is 5.25. The minimum absolute atomic E-state index is 0.649. The summed E-state index contributed by atoms with van der Waals surface area (Å²) in [7, 11) is 0. The maximum atomic E-state index is 4.96. The number of rotatable bonds is 6. The first-order valence-electron chi connectivity index (χ1n) is 16.5. The van der Waals surface area contributed by atoms with E-state index in [0.29, 0.717) is 17.5 Å². The van der Waals surface area contributed by atoms with Crippen LogP contribution >= 0.6 is 0 Å². The van der Waals surface area contributed by atoms with E-state index in [4.69, 9.17) is 15.0 Å². The van der Waals surface area contributed by atoms with Crippen LogP contribution in [0.15, 0.2) is 164 Å². The first-order valence-corrected chi connectivity index (χ1v) is 16.5. The topological polar surface area (TPSA) is 38.7 Å². The summed E-state index contributed by atoms with van der Waals surface area (Å²) in [6, 6.07) is 46.1. The Kier molecular flexibility index (Phi) is 11.5. The molecule has 3 heteroatoms. The highest BCUT2D eigenvalue weighted by molar-refractivity contribution is 5.77. The Morgan fingerprint density at radius 1 is 0.362 bits per heavy atom. The quantitative estimate of drug-likeness (QED) is 0.188. The van der Waals surface area contributed by atoms with Crippen molar-refractivity contribution in [2.75, 3.05) is 0 Å². The van der Waals surface area contributed by atoms with Crippen molar-refractivity contribution in [1.29, 1.82) is 0 Å². The van der Waals surface area contributed by atoms with E-state index in [-0.39, 0.29) is 0 Å². The molecule has 0 saturated heterocycles. The van der Waals surface area contributed by atoms with Crippen LogP contribution in [0.3, 0.4) is 0 Å². The zero-order valence-corrected chi connectivity index (χ0v) is 27.6. The van der Waals surface area contributed by atoms with Gasteiger partial charge in [-0.25, -0.2) is 15.0 Å². The largest absolute Gasteiger partial charge is 0.208 e. The lowest BCUT2D eigenvalue weighted by molar-refractivity contribution is 1.07. The molecule has 5 aromatic carbocycles. The van der Waals surface area contributed by atoms with Crippen LogP contribution in [0.2, 0.25) is 0 Å². The maximum absolute atomic E-state index is 4.96. The Morgan fingerprint density at radius 3 is 1.11 bits per heavy atom. The Bertz CT molecular complexity index is 1830.